The molecule has 0 aromatic heterocycles. The van der Waals surface area contributed by atoms with E-state index < -0.39 is 0 Å². The molecule has 0 atom stereocenters. The van der Waals surface area contributed by atoms with Gasteiger partial charge in [-0.25, -0.2) is 0 Å². The molecule has 31 heavy (non-hydrogen) atoms. The van der Waals surface area contributed by atoms with Crippen LogP contribution in [0.3, 0.4) is 0 Å². The number of rotatable bonds is 3. The van der Waals surface area contributed by atoms with Gasteiger partial charge in [0.2, 0.25) is 0 Å². The third-order valence-electron chi connectivity index (χ3n) is 6.37. The first-order chi connectivity index (χ1) is 15.3. The van der Waals surface area contributed by atoms with Gasteiger partial charge in [0.1, 0.15) is 17.6 Å². The second-order valence-electron chi connectivity index (χ2n) is 8.16. The lowest BCUT2D eigenvalue weighted by Crippen LogP contribution is -2.30. The van der Waals surface area contributed by atoms with E-state index >= 15 is 0 Å². The maximum absolute atomic E-state index is 10.4. The first kappa shape index (κ1) is 19.5. The minimum atomic E-state index is 0.583. The second kappa shape index (κ2) is 8.35. The average Bonchev–Trinajstić information content (AvgIpc) is 3.03. The number of piperidine rings is 1. The zero-order chi connectivity index (χ0) is 21.2. The molecule has 3 aromatic rings. The minimum absolute atomic E-state index is 0.583. The van der Waals surface area contributed by atoms with Crippen molar-refractivity contribution in [1.29, 1.82) is 5.26 Å². The summed E-state index contributed by atoms with van der Waals surface area (Å²) in [4.78, 5) is 2.39. The topological polar surface area (TPSA) is 45.5 Å². The van der Waals surface area contributed by atoms with Crippen molar-refractivity contribution in [2.24, 2.45) is 0 Å². The van der Waals surface area contributed by atoms with Gasteiger partial charge in [0, 0.05) is 30.6 Å². The van der Waals surface area contributed by atoms with Gasteiger partial charge in [0.05, 0.1) is 25.0 Å². The summed E-state index contributed by atoms with van der Waals surface area (Å²) >= 11 is 0. The van der Waals surface area contributed by atoms with Crippen molar-refractivity contribution >= 4 is 5.69 Å². The Morgan fingerprint density at radius 2 is 1.77 bits per heavy atom. The van der Waals surface area contributed by atoms with Gasteiger partial charge in [-0.3, -0.25) is 0 Å². The lowest BCUT2D eigenvalue weighted by molar-refractivity contribution is 0.326. The van der Waals surface area contributed by atoms with Crippen molar-refractivity contribution in [3.8, 4) is 39.8 Å². The van der Waals surface area contributed by atoms with Crippen LogP contribution in [0.5, 0.6) is 11.5 Å². The Morgan fingerprint density at radius 1 is 0.968 bits per heavy atom. The highest BCUT2D eigenvalue weighted by atomic mass is 16.5. The second-order valence-corrected chi connectivity index (χ2v) is 8.16. The summed E-state index contributed by atoms with van der Waals surface area (Å²) in [5.41, 5.74) is 7.26. The molecule has 0 amide bonds. The Kier molecular flexibility index (Phi) is 5.26. The number of methoxy groups -OCH3 is 1. The Labute approximate surface area is 183 Å². The van der Waals surface area contributed by atoms with Crippen LogP contribution in [0.25, 0.3) is 22.3 Å². The predicted octanol–water partition coefficient (Wildman–Crippen LogP) is 5.83. The maximum atomic E-state index is 10.4. The molecule has 5 rings (SSSR count). The lowest BCUT2D eigenvalue weighted by Gasteiger charge is -2.31. The average molecular weight is 411 g/mol. The van der Waals surface area contributed by atoms with Gasteiger partial charge < -0.3 is 14.4 Å². The molecular formula is C27H26N2O2. The van der Waals surface area contributed by atoms with E-state index in [2.05, 4.69) is 41.3 Å². The fourth-order valence-corrected chi connectivity index (χ4v) is 4.86. The van der Waals surface area contributed by atoms with Gasteiger partial charge in [-0.1, -0.05) is 30.3 Å². The lowest BCUT2D eigenvalue weighted by atomic mass is 9.85. The highest BCUT2D eigenvalue weighted by Gasteiger charge is 2.27. The van der Waals surface area contributed by atoms with Crippen molar-refractivity contribution in [3.05, 3.63) is 65.7 Å². The van der Waals surface area contributed by atoms with E-state index in [-0.39, 0.29) is 0 Å². The van der Waals surface area contributed by atoms with Crippen molar-refractivity contribution in [3.63, 3.8) is 0 Å². The molecule has 0 N–H and O–H groups in total. The Bertz CT molecular complexity index is 1140. The quantitative estimate of drug-likeness (QED) is 0.545. The SMILES string of the molecule is COc1ccc2c(c1)-c1c(C#N)c(N3CCCCC3)cc(-c3ccccc3)c1CCO2. The summed E-state index contributed by atoms with van der Waals surface area (Å²) < 4.78 is 11.6. The predicted molar refractivity (Wildman–Crippen MR) is 124 cm³/mol. The molecule has 4 nitrogen and oxygen atoms in total. The van der Waals surface area contributed by atoms with Gasteiger partial charge in [0.25, 0.3) is 0 Å². The number of hydrogen-bond donors (Lipinski definition) is 0. The largest absolute Gasteiger partial charge is 0.497 e. The zero-order valence-corrected chi connectivity index (χ0v) is 17.9. The van der Waals surface area contributed by atoms with Crippen molar-refractivity contribution in [2.45, 2.75) is 25.7 Å². The first-order valence-corrected chi connectivity index (χ1v) is 11.0. The highest BCUT2D eigenvalue weighted by molar-refractivity contribution is 5.91. The highest BCUT2D eigenvalue weighted by Crippen LogP contribution is 2.46. The van der Waals surface area contributed by atoms with Gasteiger partial charge in [-0.05, 0) is 60.2 Å². The molecule has 4 heteroatoms. The van der Waals surface area contributed by atoms with E-state index in [0.29, 0.717) is 6.61 Å². The molecule has 0 unspecified atom stereocenters. The molecule has 1 fully saturated rings. The molecule has 1 saturated heterocycles. The minimum Gasteiger partial charge on any atom is -0.497 e. The molecule has 0 radical (unpaired) electrons. The molecule has 0 spiro atoms. The van der Waals surface area contributed by atoms with E-state index in [1.54, 1.807) is 7.11 Å². The third kappa shape index (κ3) is 3.51. The van der Waals surface area contributed by atoms with Crippen LogP contribution in [0.1, 0.15) is 30.4 Å². The van der Waals surface area contributed by atoms with E-state index in [0.717, 1.165) is 66.2 Å². The van der Waals surface area contributed by atoms with Crippen LogP contribution in [-0.4, -0.2) is 26.8 Å². The van der Waals surface area contributed by atoms with Crippen LogP contribution in [0, 0.1) is 11.3 Å². The first-order valence-electron chi connectivity index (χ1n) is 11.0. The molecule has 2 heterocycles. The van der Waals surface area contributed by atoms with Crippen LogP contribution >= 0.6 is 0 Å². The van der Waals surface area contributed by atoms with Crippen molar-refractivity contribution < 1.29 is 9.47 Å². The molecule has 0 aliphatic carbocycles. The monoisotopic (exact) mass is 410 g/mol. The maximum Gasteiger partial charge on any atom is 0.127 e. The molecule has 0 bridgehead atoms. The molecule has 0 saturated carbocycles. The molecule has 3 aromatic carbocycles. The van der Waals surface area contributed by atoms with Crippen molar-refractivity contribution in [1.82, 2.24) is 0 Å². The van der Waals surface area contributed by atoms with E-state index in [9.17, 15) is 5.26 Å². The number of hydrogen-bond acceptors (Lipinski definition) is 4. The molecule has 2 aliphatic heterocycles. The van der Waals surface area contributed by atoms with Crippen LogP contribution in [0.2, 0.25) is 0 Å². The summed E-state index contributed by atoms with van der Waals surface area (Å²) in [5, 5.41) is 10.4. The Balaban J connectivity index is 1.84. The summed E-state index contributed by atoms with van der Waals surface area (Å²) in [5.74, 6) is 1.58. The van der Waals surface area contributed by atoms with Crippen LogP contribution in [0.4, 0.5) is 5.69 Å². The van der Waals surface area contributed by atoms with Gasteiger partial charge in [0.15, 0.2) is 0 Å². The standard InChI is InChI=1S/C27H26N2O2/c1-30-20-10-11-26-23(16-20)27-21(12-15-31-26)22(19-8-4-2-5-9-19)17-25(24(27)18-28)29-13-6-3-7-14-29/h2,4-5,8-11,16-17H,3,6-7,12-15H2,1H3. The number of fused-ring (bicyclic) bond motifs is 3. The molecular weight excluding hydrogens is 384 g/mol. The molecule has 2 aliphatic rings. The molecule has 156 valence electrons. The third-order valence-corrected chi connectivity index (χ3v) is 6.37. The fraction of sp³-hybridized carbons (Fsp3) is 0.296. The normalized spacial score (nSPS) is 15.2. The van der Waals surface area contributed by atoms with Crippen LogP contribution < -0.4 is 14.4 Å². The number of benzene rings is 3. The zero-order valence-electron chi connectivity index (χ0n) is 17.9. The summed E-state index contributed by atoms with van der Waals surface area (Å²) in [6.45, 7) is 2.56. The summed E-state index contributed by atoms with van der Waals surface area (Å²) in [7, 11) is 1.67. The van der Waals surface area contributed by atoms with E-state index in [1.807, 2.05) is 24.3 Å². The number of anilines is 1. The van der Waals surface area contributed by atoms with E-state index in [4.69, 9.17) is 9.47 Å². The van der Waals surface area contributed by atoms with E-state index in [1.165, 1.54) is 23.1 Å². The van der Waals surface area contributed by atoms with Crippen LogP contribution in [-0.2, 0) is 6.42 Å². The fourth-order valence-electron chi connectivity index (χ4n) is 4.86. The number of ether oxygens (including phenoxy) is 2. The number of nitrogens with zero attached hydrogens (tertiary/aromatic N) is 2. The van der Waals surface area contributed by atoms with Crippen molar-refractivity contribution in [2.75, 3.05) is 31.7 Å². The smallest absolute Gasteiger partial charge is 0.127 e. The Hall–Kier alpha value is -3.45. The summed E-state index contributed by atoms with van der Waals surface area (Å²) in [6, 6.07) is 21.2. The van der Waals surface area contributed by atoms with Gasteiger partial charge in [-0.2, -0.15) is 5.26 Å². The van der Waals surface area contributed by atoms with Gasteiger partial charge in [-0.15, -0.1) is 0 Å². The Morgan fingerprint density at radius 3 is 2.52 bits per heavy atom. The van der Waals surface area contributed by atoms with Gasteiger partial charge >= 0.3 is 0 Å². The summed E-state index contributed by atoms with van der Waals surface area (Å²) in [6.07, 6.45) is 4.33. The number of nitriles is 1. The van der Waals surface area contributed by atoms with Crippen LogP contribution in [0.15, 0.2) is 54.6 Å².